The van der Waals surface area contributed by atoms with Gasteiger partial charge in [0.1, 0.15) is 0 Å². The fraction of sp³-hybridized carbons (Fsp3) is 0.857. The topological polar surface area (TPSA) is 9.23 Å². The number of hydrogen-bond acceptors (Lipinski definition) is 1. The highest BCUT2D eigenvalue weighted by Crippen LogP contribution is 2.17. The molecule has 0 unspecified atom stereocenters. The number of ether oxygens (including phenoxy) is 1. The van der Waals surface area contributed by atoms with Gasteiger partial charge in [-0.3, -0.25) is 0 Å². The van der Waals surface area contributed by atoms with Crippen molar-refractivity contribution in [2.45, 2.75) is 39.2 Å². The summed E-state index contributed by atoms with van der Waals surface area (Å²) >= 11 is 0. The molecule has 1 radical (unpaired) electrons. The second kappa shape index (κ2) is 3.08. The molecule has 0 aliphatic heterocycles. The Kier molecular flexibility index (Phi) is 3.06. The molecule has 0 saturated carbocycles. The van der Waals surface area contributed by atoms with Crippen LogP contribution in [0.2, 0.25) is 0 Å². The van der Waals surface area contributed by atoms with E-state index in [0.29, 0.717) is 0 Å². The highest BCUT2D eigenvalue weighted by molar-refractivity contribution is 4.69. The van der Waals surface area contributed by atoms with Crippen molar-refractivity contribution < 1.29 is 4.74 Å². The minimum atomic E-state index is 0.0139. The standard InChI is InChI=1S/C7H15O/c1-5-7(3,6-2)8-4/h4-6H2,1-3H3. The van der Waals surface area contributed by atoms with Crippen LogP contribution < -0.4 is 0 Å². The second-order valence-electron chi connectivity index (χ2n) is 2.30. The summed E-state index contributed by atoms with van der Waals surface area (Å²) in [6.45, 7) is 6.28. The predicted octanol–water partition coefficient (Wildman–Crippen LogP) is 2.37. The van der Waals surface area contributed by atoms with Crippen LogP contribution in [0.3, 0.4) is 0 Å². The van der Waals surface area contributed by atoms with Gasteiger partial charge < -0.3 is 4.74 Å². The summed E-state index contributed by atoms with van der Waals surface area (Å²) in [5.74, 6) is 0. The van der Waals surface area contributed by atoms with Crippen LogP contribution in [0.1, 0.15) is 33.6 Å². The van der Waals surface area contributed by atoms with Gasteiger partial charge in [-0.1, -0.05) is 13.8 Å². The van der Waals surface area contributed by atoms with Crippen LogP contribution in [0.4, 0.5) is 0 Å². The lowest BCUT2D eigenvalue weighted by Gasteiger charge is -2.23. The highest BCUT2D eigenvalue weighted by Gasteiger charge is 2.16. The third-order valence-electron chi connectivity index (χ3n) is 1.84. The summed E-state index contributed by atoms with van der Waals surface area (Å²) < 4.78 is 4.99. The summed E-state index contributed by atoms with van der Waals surface area (Å²) in [6.07, 6.45) is 2.07. The van der Waals surface area contributed by atoms with Gasteiger partial charge in [-0.25, -0.2) is 0 Å². The predicted molar refractivity (Wildman–Crippen MR) is 35.4 cm³/mol. The molecule has 49 valence electrons. The molecule has 0 heterocycles. The van der Waals surface area contributed by atoms with E-state index >= 15 is 0 Å². The van der Waals surface area contributed by atoms with Crippen molar-refractivity contribution in [1.29, 1.82) is 0 Å². The molecule has 0 amide bonds. The fourth-order valence-electron chi connectivity index (χ4n) is 0.454. The van der Waals surface area contributed by atoms with Gasteiger partial charge in [-0.15, -0.1) is 0 Å². The zero-order chi connectivity index (χ0) is 6.62. The number of hydrogen-bond donors (Lipinski definition) is 0. The molecule has 0 saturated heterocycles. The molecule has 0 aromatic rings. The molecule has 1 nitrogen and oxygen atoms in total. The van der Waals surface area contributed by atoms with E-state index in [1.807, 2.05) is 0 Å². The van der Waals surface area contributed by atoms with E-state index in [4.69, 9.17) is 4.74 Å². The third-order valence-corrected chi connectivity index (χ3v) is 1.84. The maximum absolute atomic E-state index is 4.99. The SMILES string of the molecule is [CH2]OC(C)(CC)CC. The average molecular weight is 115 g/mol. The van der Waals surface area contributed by atoms with Crippen LogP contribution in [-0.4, -0.2) is 5.60 Å². The Balaban J connectivity index is 3.58. The van der Waals surface area contributed by atoms with Gasteiger partial charge >= 0.3 is 0 Å². The van der Waals surface area contributed by atoms with Gasteiger partial charge in [-0.05, 0) is 19.8 Å². The van der Waals surface area contributed by atoms with E-state index in [0.717, 1.165) is 12.8 Å². The Morgan fingerprint density at radius 3 is 1.75 bits per heavy atom. The minimum absolute atomic E-state index is 0.0139. The van der Waals surface area contributed by atoms with Crippen molar-refractivity contribution in [3.8, 4) is 0 Å². The van der Waals surface area contributed by atoms with Crippen molar-refractivity contribution in [3.63, 3.8) is 0 Å². The fourth-order valence-corrected chi connectivity index (χ4v) is 0.454. The van der Waals surface area contributed by atoms with Gasteiger partial charge in [0.2, 0.25) is 0 Å². The molecule has 0 aliphatic carbocycles. The number of rotatable bonds is 3. The van der Waals surface area contributed by atoms with E-state index in [1.54, 1.807) is 0 Å². The molecule has 8 heavy (non-hydrogen) atoms. The van der Waals surface area contributed by atoms with Crippen molar-refractivity contribution in [2.75, 3.05) is 0 Å². The third kappa shape index (κ3) is 1.83. The first-order valence-corrected chi connectivity index (χ1v) is 3.11. The Morgan fingerprint density at radius 1 is 1.38 bits per heavy atom. The lowest BCUT2D eigenvalue weighted by Crippen LogP contribution is -2.23. The first-order valence-electron chi connectivity index (χ1n) is 3.11. The molecule has 0 rings (SSSR count). The van der Waals surface area contributed by atoms with Crippen molar-refractivity contribution >= 4 is 0 Å². The quantitative estimate of drug-likeness (QED) is 0.548. The minimum Gasteiger partial charge on any atom is -0.373 e. The zero-order valence-electron chi connectivity index (χ0n) is 6.03. The van der Waals surface area contributed by atoms with Crippen LogP contribution in [0.15, 0.2) is 0 Å². The van der Waals surface area contributed by atoms with Crippen LogP contribution in [0.25, 0.3) is 0 Å². The van der Waals surface area contributed by atoms with Gasteiger partial charge in [0.05, 0.1) is 12.7 Å². The smallest absolute Gasteiger partial charge is 0.0708 e. The van der Waals surface area contributed by atoms with Crippen LogP contribution in [0, 0.1) is 7.11 Å². The van der Waals surface area contributed by atoms with Gasteiger partial charge in [0.15, 0.2) is 0 Å². The Labute approximate surface area is 52.0 Å². The maximum Gasteiger partial charge on any atom is 0.0708 e. The zero-order valence-corrected chi connectivity index (χ0v) is 6.03. The first-order chi connectivity index (χ1) is 3.68. The Morgan fingerprint density at radius 2 is 1.75 bits per heavy atom. The van der Waals surface area contributed by atoms with E-state index in [1.165, 1.54) is 0 Å². The van der Waals surface area contributed by atoms with E-state index < -0.39 is 0 Å². The van der Waals surface area contributed by atoms with E-state index in [2.05, 4.69) is 27.9 Å². The Hall–Kier alpha value is -0.0400. The van der Waals surface area contributed by atoms with Gasteiger partial charge in [0.25, 0.3) is 0 Å². The molecule has 0 fully saturated rings. The van der Waals surface area contributed by atoms with Crippen LogP contribution in [0.5, 0.6) is 0 Å². The summed E-state index contributed by atoms with van der Waals surface area (Å²) in [7, 11) is 3.40. The molecular weight excluding hydrogens is 100 g/mol. The molecule has 1 heteroatoms. The first kappa shape index (κ1) is 7.96. The molecule has 0 aromatic carbocycles. The van der Waals surface area contributed by atoms with E-state index in [9.17, 15) is 0 Å². The highest BCUT2D eigenvalue weighted by atomic mass is 16.5. The largest absolute Gasteiger partial charge is 0.373 e. The van der Waals surface area contributed by atoms with Gasteiger partial charge in [-0.2, -0.15) is 0 Å². The monoisotopic (exact) mass is 115 g/mol. The molecule has 0 aromatic heterocycles. The van der Waals surface area contributed by atoms with Crippen LogP contribution >= 0.6 is 0 Å². The summed E-state index contributed by atoms with van der Waals surface area (Å²) in [4.78, 5) is 0. The maximum atomic E-state index is 4.99. The van der Waals surface area contributed by atoms with Gasteiger partial charge in [0, 0.05) is 0 Å². The lowest BCUT2D eigenvalue weighted by molar-refractivity contribution is 0.0271. The molecule has 0 N–H and O–H groups in total. The molecule has 0 aliphatic rings. The summed E-state index contributed by atoms with van der Waals surface area (Å²) in [5, 5.41) is 0. The molecular formula is C7H15O. The second-order valence-corrected chi connectivity index (χ2v) is 2.30. The Bertz CT molecular complexity index is 47.1. The molecule has 0 spiro atoms. The lowest BCUT2D eigenvalue weighted by atomic mass is 10.0. The normalized spacial score (nSPS) is 12.0. The summed E-state index contributed by atoms with van der Waals surface area (Å²) in [6, 6.07) is 0. The van der Waals surface area contributed by atoms with Crippen LogP contribution in [-0.2, 0) is 4.74 Å². The summed E-state index contributed by atoms with van der Waals surface area (Å²) in [5.41, 5.74) is 0.0139. The van der Waals surface area contributed by atoms with E-state index in [-0.39, 0.29) is 5.60 Å². The molecule has 0 bridgehead atoms. The van der Waals surface area contributed by atoms with Crippen molar-refractivity contribution in [3.05, 3.63) is 7.11 Å². The van der Waals surface area contributed by atoms with Crippen molar-refractivity contribution in [1.82, 2.24) is 0 Å². The average Bonchev–Trinajstić information content (AvgIpc) is 1.87. The van der Waals surface area contributed by atoms with Crippen molar-refractivity contribution in [2.24, 2.45) is 0 Å². The molecule has 0 atom stereocenters.